The number of benzene rings is 1. The molecule has 1 atom stereocenters. The van der Waals surface area contributed by atoms with Gasteiger partial charge in [-0.1, -0.05) is 6.07 Å². The molecule has 2 amide bonds. The molecule has 1 aliphatic rings. The van der Waals surface area contributed by atoms with Crippen LogP contribution in [0.25, 0.3) is 5.69 Å². The van der Waals surface area contributed by atoms with Crippen molar-refractivity contribution >= 4 is 17.7 Å². The Balaban J connectivity index is 1.70. The van der Waals surface area contributed by atoms with Crippen LogP contribution in [-0.4, -0.2) is 51.8 Å². The summed E-state index contributed by atoms with van der Waals surface area (Å²) in [6.45, 7) is 0.169. The van der Waals surface area contributed by atoms with Crippen molar-refractivity contribution in [2.24, 2.45) is 0 Å². The predicted octanol–water partition coefficient (Wildman–Crippen LogP) is 2.58. The van der Waals surface area contributed by atoms with Gasteiger partial charge in [0.15, 0.2) is 6.61 Å². The highest BCUT2D eigenvalue weighted by atomic mass is 19.4. The number of likely N-dealkylation sites (tertiary alicyclic amines) is 1. The third kappa shape index (κ3) is 4.79. The van der Waals surface area contributed by atoms with Crippen molar-refractivity contribution in [3.05, 3.63) is 46.6 Å². The fourth-order valence-electron chi connectivity index (χ4n) is 3.21. The molecule has 156 valence electrons. The first-order valence-corrected chi connectivity index (χ1v) is 8.84. The van der Waals surface area contributed by atoms with E-state index in [2.05, 4.69) is 15.0 Å². The van der Waals surface area contributed by atoms with Gasteiger partial charge in [0.1, 0.15) is 6.04 Å². The lowest BCUT2D eigenvalue weighted by molar-refractivity contribution is -0.162. The van der Waals surface area contributed by atoms with Gasteiger partial charge in [-0.05, 0) is 38.0 Å². The molecule has 11 heteroatoms. The van der Waals surface area contributed by atoms with Crippen LogP contribution in [0.4, 0.5) is 23.7 Å². The Kier molecular flexibility index (Phi) is 5.66. The fraction of sp³-hybridized carbons (Fsp3) is 0.389. The van der Waals surface area contributed by atoms with Crippen LogP contribution in [-0.2, 0) is 9.53 Å². The summed E-state index contributed by atoms with van der Waals surface area (Å²) < 4.78 is 42.4. The molecule has 2 heterocycles. The molecular formula is C18H19F3N4O4. The molecule has 1 aliphatic heterocycles. The quantitative estimate of drug-likeness (QED) is 0.807. The van der Waals surface area contributed by atoms with E-state index in [1.165, 1.54) is 4.57 Å². The number of hydrogen-bond acceptors (Lipinski definition) is 4. The van der Waals surface area contributed by atoms with Crippen LogP contribution in [0.5, 0.6) is 0 Å². The molecule has 2 N–H and O–H groups in total. The maximum Gasteiger partial charge on any atom is 0.422 e. The lowest BCUT2D eigenvalue weighted by atomic mass is 10.2. The first-order chi connectivity index (χ1) is 13.7. The standard InChI is InChI=1S/C18H19F3N4O4/c1-11-9-22-16(27)25(11)13-5-2-4-12(8-13)23-15(26)14-6-3-7-24(14)17(28)29-10-18(19,20)21/h2,4-5,8-9,14H,3,6-7,10H2,1H3,(H,22,27)(H,23,26). The summed E-state index contributed by atoms with van der Waals surface area (Å²) in [6, 6.07) is 5.59. The number of nitrogens with one attached hydrogen (secondary N) is 2. The fourth-order valence-corrected chi connectivity index (χ4v) is 3.21. The van der Waals surface area contributed by atoms with Gasteiger partial charge in [-0.2, -0.15) is 13.2 Å². The number of carbonyl (C=O) groups is 2. The normalized spacial score (nSPS) is 16.7. The van der Waals surface area contributed by atoms with Crippen LogP contribution in [0.3, 0.4) is 0 Å². The molecule has 0 bridgehead atoms. The van der Waals surface area contributed by atoms with E-state index in [0.717, 1.165) is 4.90 Å². The van der Waals surface area contributed by atoms with Crippen LogP contribution in [0, 0.1) is 6.92 Å². The summed E-state index contributed by atoms with van der Waals surface area (Å²) in [6.07, 6.45) is -3.48. The summed E-state index contributed by atoms with van der Waals surface area (Å²) in [5, 5.41) is 2.65. The highest BCUT2D eigenvalue weighted by Crippen LogP contribution is 2.23. The van der Waals surface area contributed by atoms with Gasteiger partial charge in [-0.3, -0.25) is 14.3 Å². The maximum atomic E-state index is 12.6. The monoisotopic (exact) mass is 412 g/mol. The minimum atomic E-state index is -4.64. The number of ether oxygens (including phenoxy) is 1. The Labute approximate surface area is 163 Å². The number of hydrogen-bond donors (Lipinski definition) is 2. The van der Waals surface area contributed by atoms with E-state index >= 15 is 0 Å². The van der Waals surface area contributed by atoms with Gasteiger partial charge in [-0.15, -0.1) is 0 Å². The molecular weight excluding hydrogens is 393 g/mol. The highest BCUT2D eigenvalue weighted by molar-refractivity contribution is 5.97. The van der Waals surface area contributed by atoms with Gasteiger partial charge in [0.25, 0.3) is 0 Å². The molecule has 1 aromatic heterocycles. The van der Waals surface area contributed by atoms with Gasteiger partial charge in [0.05, 0.1) is 5.69 Å². The third-order valence-electron chi connectivity index (χ3n) is 4.48. The number of imidazole rings is 1. The summed E-state index contributed by atoms with van der Waals surface area (Å²) in [7, 11) is 0. The van der Waals surface area contributed by atoms with Crippen LogP contribution in [0.2, 0.25) is 0 Å². The smallest absolute Gasteiger partial charge is 0.422 e. The molecule has 0 saturated carbocycles. The van der Waals surface area contributed by atoms with Gasteiger partial charge in [0, 0.05) is 24.1 Å². The molecule has 3 rings (SSSR count). The second-order valence-electron chi connectivity index (χ2n) is 6.63. The van der Waals surface area contributed by atoms with Crippen molar-refractivity contribution < 1.29 is 27.5 Å². The van der Waals surface area contributed by atoms with Gasteiger partial charge in [0.2, 0.25) is 5.91 Å². The molecule has 0 radical (unpaired) electrons. The van der Waals surface area contributed by atoms with E-state index in [4.69, 9.17) is 0 Å². The van der Waals surface area contributed by atoms with Gasteiger partial charge < -0.3 is 15.0 Å². The Hall–Kier alpha value is -3.24. The average Bonchev–Trinajstić information content (AvgIpc) is 3.26. The maximum absolute atomic E-state index is 12.6. The Morgan fingerprint density at radius 1 is 1.34 bits per heavy atom. The topological polar surface area (TPSA) is 96.4 Å². The number of amides is 2. The lowest BCUT2D eigenvalue weighted by Gasteiger charge is -2.23. The van der Waals surface area contributed by atoms with Crippen LogP contribution in [0.15, 0.2) is 35.3 Å². The molecule has 1 aromatic carbocycles. The largest absolute Gasteiger partial charge is 0.440 e. The molecule has 1 unspecified atom stereocenters. The van der Waals surface area contributed by atoms with Crippen molar-refractivity contribution in [1.29, 1.82) is 0 Å². The summed E-state index contributed by atoms with van der Waals surface area (Å²) in [4.78, 5) is 40.0. The van der Waals surface area contributed by atoms with E-state index < -0.39 is 30.8 Å². The first kappa shape index (κ1) is 20.5. The number of H-pyrrole nitrogens is 1. The zero-order chi connectivity index (χ0) is 21.2. The number of nitrogens with zero attached hydrogens (tertiary/aromatic N) is 2. The van der Waals surface area contributed by atoms with Crippen molar-refractivity contribution in [2.75, 3.05) is 18.5 Å². The number of aromatic nitrogens is 2. The second-order valence-corrected chi connectivity index (χ2v) is 6.63. The predicted molar refractivity (Wildman–Crippen MR) is 96.9 cm³/mol. The minimum Gasteiger partial charge on any atom is -0.440 e. The number of anilines is 1. The SMILES string of the molecule is Cc1c[nH]c(=O)n1-c1cccc(NC(=O)C2CCCN2C(=O)OCC(F)(F)F)c1. The molecule has 1 fully saturated rings. The molecule has 2 aromatic rings. The number of alkyl halides is 3. The highest BCUT2D eigenvalue weighted by Gasteiger charge is 2.37. The number of halogens is 3. The van der Waals surface area contributed by atoms with Crippen molar-refractivity contribution in [1.82, 2.24) is 14.5 Å². The van der Waals surface area contributed by atoms with E-state index in [1.54, 1.807) is 37.4 Å². The van der Waals surface area contributed by atoms with E-state index in [0.29, 0.717) is 29.9 Å². The zero-order valence-electron chi connectivity index (χ0n) is 15.5. The molecule has 8 nitrogen and oxygen atoms in total. The van der Waals surface area contributed by atoms with E-state index in [9.17, 15) is 27.6 Å². The molecule has 0 spiro atoms. The number of aromatic amines is 1. The zero-order valence-corrected chi connectivity index (χ0v) is 15.5. The average molecular weight is 412 g/mol. The number of carbonyl (C=O) groups excluding carboxylic acids is 2. The number of aryl methyl sites for hydroxylation is 1. The van der Waals surface area contributed by atoms with Crippen LogP contribution < -0.4 is 11.0 Å². The lowest BCUT2D eigenvalue weighted by Crippen LogP contribution is -2.44. The van der Waals surface area contributed by atoms with Crippen LogP contribution >= 0.6 is 0 Å². The molecule has 0 aliphatic carbocycles. The minimum absolute atomic E-state index is 0.132. The molecule has 29 heavy (non-hydrogen) atoms. The van der Waals surface area contributed by atoms with Crippen molar-refractivity contribution in [3.63, 3.8) is 0 Å². The second kappa shape index (κ2) is 8.02. The summed E-state index contributed by atoms with van der Waals surface area (Å²) in [5.41, 5.74) is 1.25. The number of rotatable bonds is 4. The summed E-state index contributed by atoms with van der Waals surface area (Å²) in [5.74, 6) is -0.540. The van der Waals surface area contributed by atoms with E-state index in [-0.39, 0.29) is 12.2 Å². The van der Waals surface area contributed by atoms with Crippen molar-refractivity contribution in [2.45, 2.75) is 32.0 Å². The first-order valence-electron chi connectivity index (χ1n) is 8.84. The van der Waals surface area contributed by atoms with Crippen molar-refractivity contribution in [3.8, 4) is 5.69 Å². The Morgan fingerprint density at radius 3 is 2.76 bits per heavy atom. The van der Waals surface area contributed by atoms with E-state index in [1.807, 2.05) is 0 Å². The van der Waals surface area contributed by atoms with Gasteiger partial charge >= 0.3 is 18.0 Å². The Morgan fingerprint density at radius 2 is 2.10 bits per heavy atom. The third-order valence-corrected chi connectivity index (χ3v) is 4.48. The molecule has 1 saturated heterocycles. The summed E-state index contributed by atoms with van der Waals surface area (Å²) >= 11 is 0. The van der Waals surface area contributed by atoms with Crippen LogP contribution in [0.1, 0.15) is 18.5 Å². The Bertz CT molecular complexity index is 967. The van der Waals surface area contributed by atoms with Gasteiger partial charge in [-0.25, -0.2) is 9.59 Å².